The minimum atomic E-state index is -4.21. The lowest BCUT2D eigenvalue weighted by Crippen LogP contribution is -2.45. The Balaban J connectivity index is 0.00000242. The fourth-order valence-corrected chi connectivity index (χ4v) is 2.69. The van der Waals surface area contributed by atoms with Crippen LogP contribution in [0.4, 0.5) is 17.6 Å². The molecular formula is C14H19Cl3F4N2. The first kappa shape index (κ1) is 22.7. The van der Waals surface area contributed by atoms with Crippen LogP contribution < -0.4 is 5.32 Å². The smallest absolute Gasteiger partial charge is 0.314 e. The minimum absolute atomic E-state index is 0. The van der Waals surface area contributed by atoms with Gasteiger partial charge in [-0.3, -0.25) is 4.90 Å². The molecule has 1 N–H and O–H groups in total. The van der Waals surface area contributed by atoms with Crippen LogP contribution in [-0.2, 0) is 0 Å². The first-order valence-electron chi connectivity index (χ1n) is 6.83. The molecule has 0 aromatic heterocycles. The van der Waals surface area contributed by atoms with E-state index in [1.807, 2.05) is 4.90 Å². The van der Waals surface area contributed by atoms with Crippen LogP contribution in [0.3, 0.4) is 0 Å². The highest BCUT2D eigenvalue weighted by Crippen LogP contribution is 2.32. The maximum Gasteiger partial charge on any atom is 0.389 e. The standard InChI is InChI=1S/C14H17ClF4N2.2ClH/c15-11-2-1-10(9-12(11)16)13(3-4-14(17,18)19)21-7-5-20-6-8-21;;/h1-2,9,13,20H,3-8H2;2*1H/t13-;;/m0../s1. The van der Waals surface area contributed by atoms with Gasteiger partial charge in [-0.15, -0.1) is 24.8 Å². The van der Waals surface area contributed by atoms with E-state index < -0.39 is 24.5 Å². The molecule has 0 unspecified atom stereocenters. The van der Waals surface area contributed by atoms with E-state index in [0.717, 1.165) is 13.1 Å². The van der Waals surface area contributed by atoms with E-state index in [9.17, 15) is 17.6 Å². The van der Waals surface area contributed by atoms with Gasteiger partial charge in [-0.2, -0.15) is 13.2 Å². The molecule has 1 atom stereocenters. The summed E-state index contributed by atoms with van der Waals surface area (Å²) in [5.74, 6) is -0.596. The largest absolute Gasteiger partial charge is 0.389 e. The zero-order valence-electron chi connectivity index (χ0n) is 12.2. The van der Waals surface area contributed by atoms with Gasteiger partial charge in [0.1, 0.15) is 5.82 Å². The summed E-state index contributed by atoms with van der Waals surface area (Å²) >= 11 is 5.64. The molecule has 9 heteroatoms. The molecule has 2 rings (SSSR count). The lowest BCUT2D eigenvalue weighted by molar-refractivity contribution is -0.138. The van der Waals surface area contributed by atoms with Crippen LogP contribution in [0.2, 0.25) is 5.02 Å². The highest BCUT2D eigenvalue weighted by Gasteiger charge is 2.31. The van der Waals surface area contributed by atoms with Crippen LogP contribution in [0.1, 0.15) is 24.4 Å². The summed E-state index contributed by atoms with van der Waals surface area (Å²) in [6.07, 6.45) is -5.17. The normalized spacial score (nSPS) is 17.1. The molecule has 1 aliphatic heterocycles. The summed E-state index contributed by atoms with van der Waals surface area (Å²) in [6.45, 7) is 2.73. The fourth-order valence-electron chi connectivity index (χ4n) is 2.57. The Morgan fingerprint density at radius 1 is 1.17 bits per heavy atom. The van der Waals surface area contributed by atoms with E-state index in [1.54, 1.807) is 6.07 Å². The Morgan fingerprint density at radius 3 is 2.30 bits per heavy atom. The molecule has 1 saturated heterocycles. The Kier molecular flexibility index (Phi) is 9.77. The van der Waals surface area contributed by atoms with Gasteiger partial charge in [-0.1, -0.05) is 17.7 Å². The number of nitrogens with one attached hydrogen (secondary N) is 1. The highest BCUT2D eigenvalue weighted by atomic mass is 35.5. The predicted molar refractivity (Wildman–Crippen MR) is 88.4 cm³/mol. The number of hydrogen-bond donors (Lipinski definition) is 1. The summed E-state index contributed by atoms with van der Waals surface area (Å²) < 4.78 is 51.1. The fraction of sp³-hybridized carbons (Fsp3) is 0.571. The third-order valence-corrected chi connectivity index (χ3v) is 3.93. The van der Waals surface area contributed by atoms with Crippen molar-refractivity contribution in [1.82, 2.24) is 10.2 Å². The molecule has 0 bridgehead atoms. The van der Waals surface area contributed by atoms with Crippen LogP contribution in [0, 0.1) is 5.82 Å². The van der Waals surface area contributed by atoms with Crippen LogP contribution >= 0.6 is 36.4 Å². The molecule has 0 radical (unpaired) electrons. The molecule has 0 aliphatic carbocycles. The van der Waals surface area contributed by atoms with Crippen molar-refractivity contribution in [2.24, 2.45) is 0 Å². The third-order valence-electron chi connectivity index (χ3n) is 3.62. The molecule has 0 saturated carbocycles. The molecule has 134 valence electrons. The van der Waals surface area contributed by atoms with Gasteiger partial charge in [0, 0.05) is 38.6 Å². The van der Waals surface area contributed by atoms with Gasteiger partial charge in [0.25, 0.3) is 0 Å². The first-order chi connectivity index (χ1) is 9.87. The lowest BCUT2D eigenvalue weighted by Gasteiger charge is -2.35. The average molecular weight is 398 g/mol. The van der Waals surface area contributed by atoms with E-state index in [4.69, 9.17) is 11.6 Å². The van der Waals surface area contributed by atoms with Crippen molar-refractivity contribution in [1.29, 1.82) is 0 Å². The third kappa shape index (κ3) is 7.01. The molecule has 1 heterocycles. The van der Waals surface area contributed by atoms with Crippen molar-refractivity contribution in [2.75, 3.05) is 26.2 Å². The molecule has 0 spiro atoms. The van der Waals surface area contributed by atoms with Gasteiger partial charge in [0.2, 0.25) is 0 Å². The molecule has 1 aliphatic rings. The lowest BCUT2D eigenvalue weighted by atomic mass is 9.99. The Morgan fingerprint density at radius 2 is 1.78 bits per heavy atom. The van der Waals surface area contributed by atoms with Gasteiger partial charge >= 0.3 is 6.18 Å². The number of halogens is 7. The molecule has 1 fully saturated rings. The van der Waals surface area contributed by atoms with Gasteiger partial charge in [0.15, 0.2) is 0 Å². The number of piperazine rings is 1. The Hall–Kier alpha value is -0.270. The SMILES string of the molecule is Cl.Cl.Fc1cc([C@H](CCC(F)(F)F)N2CCNCC2)ccc1Cl. The number of rotatable bonds is 4. The molecule has 0 amide bonds. The minimum Gasteiger partial charge on any atom is -0.314 e. The summed E-state index contributed by atoms with van der Waals surface area (Å²) in [5, 5.41) is 3.14. The van der Waals surface area contributed by atoms with Gasteiger partial charge in [0.05, 0.1) is 5.02 Å². The van der Waals surface area contributed by atoms with Gasteiger partial charge in [-0.05, 0) is 24.1 Å². The van der Waals surface area contributed by atoms with Crippen LogP contribution in [0.15, 0.2) is 18.2 Å². The highest BCUT2D eigenvalue weighted by molar-refractivity contribution is 6.30. The maximum absolute atomic E-state index is 13.6. The van der Waals surface area contributed by atoms with Crippen LogP contribution in [-0.4, -0.2) is 37.3 Å². The molecule has 1 aromatic carbocycles. The molecule has 2 nitrogen and oxygen atoms in total. The second-order valence-electron chi connectivity index (χ2n) is 5.13. The Bertz CT molecular complexity index is 480. The Labute approximate surface area is 150 Å². The number of benzene rings is 1. The summed E-state index contributed by atoms with van der Waals surface area (Å²) in [7, 11) is 0. The summed E-state index contributed by atoms with van der Waals surface area (Å²) in [4.78, 5) is 1.96. The molecular weight excluding hydrogens is 379 g/mol. The maximum atomic E-state index is 13.6. The van der Waals surface area contributed by atoms with Crippen molar-refractivity contribution in [2.45, 2.75) is 25.1 Å². The van der Waals surface area contributed by atoms with Gasteiger partial charge in [-0.25, -0.2) is 4.39 Å². The number of nitrogens with zero attached hydrogens (tertiary/aromatic N) is 1. The van der Waals surface area contributed by atoms with E-state index in [2.05, 4.69) is 5.32 Å². The monoisotopic (exact) mass is 396 g/mol. The van der Waals surface area contributed by atoms with Crippen molar-refractivity contribution in [3.8, 4) is 0 Å². The van der Waals surface area contributed by atoms with Gasteiger partial charge < -0.3 is 5.32 Å². The first-order valence-corrected chi connectivity index (χ1v) is 7.21. The average Bonchev–Trinajstić information content (AvgIpc) is 2.43. The van der Waals surface area contributed by atoms with Crippen LogP contribution in [0.5, 0.6) is 0 Å². The van der Waals surface area contributed by atoms with E-state index in [1.165, 1.54) is 12.1 Å². The zero-order valence-corrected chi connectivity index (χ0v) is 14.6. The second-order valence-corrected chi connectivity index (χ2v) is 5.54. The number of hydrogen-bond acceptors (Lipinski definition) is 2. The van der Waals surface area contributed by atoms with Crippen molar-refractivity contribution < 1.29 is 17.6 Å². The van der Waals surface area contributed by atoms with Crippen molar-refractivity contribution in [3.63, 3.8) is 0 Å². The van der Waals surface area contributed by atoms with Crippen LogP contribution in [0.25, 0.3) is 0 Å². The quantitative estimate of drug-likeness (QED) is 0.746. The zero-order chi connectivity index (χ0) is 15.5. The van der Waals surface area contributed by atoms with Crippen molar-refractivity contribution in [3.05, 3.63) is 34.6 Å². The van der Waals surface area contributed by atoms with E-state index >= 15 is 0 Å². The van der Waals surface area contributed by atoms with Crippen molar-refractivity contribution >= 4 is 36.4 Å². The second kappa shape index (κ2) is 9.89. The molecule has 23 heavy (non-hydrogen) atoms. The topological polar surface area (TPSA) is 15.3 Å². The molecule has 1 aromatic rings. The summed E-state index contributed by atoms with van der Waals surface area (Å²) in [6, 6.07) is 3.80. The van der Waals surface area contributed by atoms with E-state index in [0.29, 0.717) is 18.7 Å². The van der Waals surface area contributed by atoms with E-state index in [-0.39, 0.29) is 36.3 Å². The summed E-state index contributed by atoms with van der Waals surface area (Å²) in [5.41, 5.74) is 0.544. The predicted octanol–water partition coefficient (Wildman–Crippen LogP) is 4.61. The number of alkyl halides is 3.